The maximum Gasteiger partial charge on any atom is 0.338 e. The number of nitrogen functional groups attached to an aromatic ring is 1. The Balaban J connectivity index is 1.43. The molecule has 1 heterocycles. The number of aromatic nitrogens is 2. The molecule has 1 aromatic heterocycles. The van der Waals surface area contributed by atoms with Crippen LogP contribution in [-0.2, 0) is 4.74 Å². The van der Waals surface area contributed by atoms with Crippen LogP contribution < -0.4 is 21.1 Å². The van der Waals surface area contributed by atoms with E-state index in [9.17, 15) is 4.79 Å². The number of nitrogens with zero attached hydrogens (tertiary/aromatic N) is 2. The first-order valence-corrected chi connectivity index (χ1v) is 10.4. The number of carbonyl (C=O) groups excluding carboxylic acids is 1. The Bertz CT molecular complexity index is 1210. The fraction of sp³-hybridized carbons (Fsp3) is 0.0800. The van der Waals surface area contributed by atoms with Gasteiger partial charge in [-0.25, -0.2) is 14.8 Å². The summed E-state index contributed by atoms with van der Waals surface area (Å²) in [5.41, 5.74) is 8.63. The van der Waals surface area contributed by atoms with Gasteiger partial charge in [-0.3, -0.25) is 0 Å². The molecule has 0 bridgehead atoms. The van der Waals surface area contributed by atoms with Crippen molar-refractivity contribution in [3.63, 3.8) is 0 Å². The predicted octanol–water partition coefficient (Wildman–Crippen LogP) is 5.52. The Labute approximate surface area is 191 Å². The fourth-order valence-electron chi connectivity index (χ4n) is 3.00. The maximum absolute atomic E-state index is 11.8. The van der Waals surface area contributed by atoms with E-state index in [1.165, 1.54) is 6.33 Å². The normalized spacial score (nSPS) is 10.3. The molecule has 166 valence electrons. The second-order valence-corrected chi connectivity index (χ2v) is 6.97. The van der Waals surface area contributed by atoms with Gasteiger partial charge in [0, 0.05) is 11.4 Å². The highest BCUT2D eigenvalue weighted by Crippen LogP contribution is 2.29. The molecule has 33 heavy (non-hydrogen) atoms. The zero-order valence-corrected chi connectivity index (χ0v) is 18.0. The summed E-state index contributed by atoms with van der Waals surface area (Å²) in [5.74, 6) is 2.03. The highest BCUT2D eigenvalue weighted by Gasteiger charge is 2.10. The number of hydrogen-bond donors (Lipinski definition) is 3. The standard InChI is InChI=1S/C25H23N5O3/c1-2-32-25(31)17-8-10-18(11-9-17)29-23-22(26)24(28-16-27-23)30-19-12-14-21(15-13-19)33-20-6-4-3-5-7-20/h3-16H,2,26H2,1H3,(H2,27,28,29,30). The van der Waals surface area contributed by atoms with Crippen LogP contribution >= 0.6 is 0 Å². The van der Waals surface area contributed by atoms with E-state index in [1.54, 1.807) is 31.2 Å². The molecular weight excluding hydrogens is 418 g/mol. The van der Waals surface area contributed by atoms with E-state index >= 15 is 0 Å². The molecule has 0 aliphatic rings. The fourth-order valence-corrected chi connectivity index (χ4v) is 3.00. The molecule has 0 spiro atoms. The molecule has 0 aliphatic carbocycles. The highest BCUT2D eigenvalue weighted by atomic mass is 16.5. The Kier molecular flexibility index (Phi) is 6.65. The Morgan fingerprint density at radius 3 is 1.94 bits per heavy atom. The first-order chi connectivity index (χ1) is 16.1. The van der Waals surface area contributed by atoms with Gasteiger partial charge in [0.05, 0.1) is 12.2 Å². The Hall–Kier alpha value is -4.59. The number of anilines is 5. The molecule has 4 rings (SSSR count). The lowest BCUT2D eigenvalue weighted by Gasteiger charge is -2.13. The van der Waals surface area contributed by atoms with Crippen LogP contribution in [0.15, 0.2) is 85.2 Å². The van der Waals surface area contributed by atoms with Crippen molar-refractivity contribution in [2.75, 3.05) is 23.0 Å². The molecule has 0 radical (unpaired) electrons. The van der Waals surface area contributed by atoms with E-state index in [4.69, 9.17) is 15.2 Å². The van der Waals surface area contributed by atoms with Crippen molar-refractivity contribution in [1.82, 2.24) is 9.97 Å². The average molecular weight is 441 g/mol. The van der Waals surface area contributed by atoms with E-state index in [0.717, 1.165) is 22.9 Å². The van der Waals surface area contributed by atoms with Gasteiger partial charge in [-0.05, 0) is 67.6 Å². The van der Waals surface area contributed by atoms with Crippen molar-refractivity contribution < 1.29 is 14.3 Å². The van der Waals surface area contributed by atoms with Gasteiger partial charge in [0.25, 0.3) is 0 Å². The molecule has 8 nitrogen and oxygen atoms in total. The number of carbonyl (C=O) groups is 1. The molecule has 0 atom stereocenters. The number of nitrogens with two attached hydrogens (primary N) is 1. The first-order valence-electron chi connectivity index (χ1n) is 10.4. The van der Waals surface area contributed by atoms with Gasteiger partial charge in [-0.1, -0.05) is 18.2 Å². The molecule has 0 aliphatic heterocycles. The number of benzene rings is 3. The van der Waals surface area contributed by atoms with Gasteiger partial charge in [0.1, 0.15) is 23.5 Å². The number of ether oxygens (including phenoxy) is 2. The molecule has 4 aromatic rings. The maximum atomic E-state index is 11.8. The molecule has 0 fully saturated rings. The Morgan fingerprint density at radius 1 is 0.818 bits per heavy atom. The van der Waals surface area contributed by atoms with E-state index in [2.05, 4.69) is 20.6 Å². The predicted molar refractivity (Wildman–Crippen MR) is 128 cm³/mol. The van der Waals surface area contributed by atoms with Crippen LogP contribution in [0.1, 0.15) is 17.3 Å². The minimum absolute atomic E-state index is 0.328. The summed E-state index contributed by atoms with van der Waals surface area (Å²) in [5, 5.41) is 6.34. The van der Waals surface area contributed by atoms with Crippen molar-refractivity contribution in [2.45, 2.75) is 6.92 Å². The average Bonchev–Trinajstić information content (AvgIpc) is 2.84. The van der Waals surface area contributed by atoms with Gasteiger partial charge >= 0.3 is 5.97 Å². The Morgan fingerprint density at radius 2 is 1.36 bits per heavy atom. The third-order valence-electron chi connectivity index (χ3n) is 4.64. The number of rotatable bonds is 8. The zero-order chi connectivity index (χ0) is 23.0. The zero-order valence-electron chi connectivity index (χ0n) is 18.0. The van der Waals surface area contributed by atoms with Crippen molar-refractivity contribution in [2.24, 2.45) is 0 Å². The molecule has 0 saturated carbocycles. The second-order valence-electron chi connectivity index (χ2n) is 6.97. The quantitative estimate of drug-likeness (QED) is 0.307. The van der Waals surface area contributed by atoms with Crippen LogP contribution in [0.25, 0.3) is 0 Å². The van der Waals surface area contributed by atoms with E-state index in [-0.39, 0.29) is 5.97 Å². The molecule has 0 amide bonds. The topological polar surface area (TPSA) is 111 Å². The van der Waals surface area contributed by atoms with Crippen molar-refractivity contribution >= 4 is 34.7 Å². The van der Waals surface area contributed by atoms with Gasteiger partial charge in [-0.2, -0.15) is 0 Å². The minimum atomic E-state index is -0.364. The van der Waals surface area contributed by atoms with Crippen LogP contribution in [0, 0.1) is 0 Å². The van der Waals surface area contributed by atoms with E-state index in [0.29, 0.717) is 29.5 Å². The summed E-state index contributed by atoms with van der Waals surface area (Å²) in [4.78, 5) is 20.3. The smallest absolute Gasteiger partial charge is 0.338 e. The van der Waals surface area contributed by atoms with Crippen molar-refractivity contribution in [1.29, 1.82) is 0 Å². The monoisotopic (exact) mass is 441 g/mol. The summed E-state index contributed by atoms with van der Waals surface area (Å²) >= 11 is 0. The molecule has 0 unspecified atom stereocenters. The van der Waals surface area contributed by atoms with Gasteiger partial charge in [0.15, 0.2) is 11.6 Å². The van der Waals surface area contributed by atoms with Gasteiger partial charge in [-0.15, -0.1) is 0 Å². The summed E-state index contributed by atoms with van der Waals surface area (Å²) in [6, 6.07) is 23.9. The van der Waals surface area contributed by atoms with E-state index in [1.807, 2.05) is 54.6 Å². The van der Waals surface area contributed by atoms with Gasteiger partial charge in [0.2, 0.25) is 0 Å². The SMILES string of the molecule is CCOC(=O)c1ccc(Nc2ncnc(Nc3ccc(Oc4ccccc4)cc3)c2N)cc1. The summed E-state index contributed by atoms with van der Waals surface area (Å²) in [6.07, 6.45) is 1.42. The van der Waals surface area contributed by atoms with Crippen LogP contribution in [0.3, 0.4) is 0 Å². The third kappa shape index (κ3) is 5.56. The van der Waals surface area contributed by atoms with Gasteiger partial charge < -0.3 is 25.8 Å². The third-order valence-corrected chi connectivity index (χ3v) is 4.64. The number of para-hydroxylation sites is 1. The van der Waals surface area contributed by atoms with Crippen LogP contribution in [0.2, 0.25) is 0 Å². The minimum Gasteiger partial charge on any atom is -0.462 e. The second kappa shape index (κ2) is 10.1. The number of esters is 1. The van der Waals surface area contributed by atoms with Crippen molar-refractivity contribution in [3.8, 4) is 11.5 Å². The molecule has 0 saturated heterocycles. The lowest BCUT2D eigenvalue weighted by atomic mass is 10.2. The van der Waals surface area contributed by atoms with Crippen LogP contribution in [-0.4, -0.2) is 22.5 Å². The van der Waals surface area contributed by atoms with Crippen LogP contribution in [0.4, 0.5) is 28.7 Å². The largest absolute Gasteiger partial charge is 0.462 e. The highest BCUT2D eigenvalue weighted by molar-refractivity contribution is 5.90. The first kappa shape index (κ1) is 21.6. The lowest BCUT2D eigenvalue weighted by molar-refractivity contribution is 0.0526. The summed E-state index contributed by atoms with van der Waals surface area (Å²) in [6.45, 7) is 2.10. The lowest BCUT2D eigenvalue weighted by Crippen LogP contribution is -2.06. The number of hydrogen-bond acceptors (Lipinski definition) is 8. The molecule has 3 aromatic carbocycles. The molecule has 4 N–H and O–H groups in total. The number of nitrogens with one attached hydrogen (secondary N) is 2. The summed E-state index contributed by atoms with van der Waals surface area (Å²) in [7, 11) is 0. The van der Waals surface area contributed by atoms with Crippen molar-refractivity contribution in [3.05, 3.63) is 90.8 Å². The van der Waals surface area contributed by atoms with E-state index < -0.39 is 0 Å². The molecular formula is C25H23N5O3. The molecule has 8 heteroatoms. The van der Waals surface area contributed by atoms with Crippen LogP contribution in [0.5, 0.6) is 11.5 Å². The summed E-state index contributed by atoms with van der Waals surface area (Å²) < 4.78 is 10.8.